The van der Waals surface area contributed by atoms with Crippen LogP contribution in [-0.4, -0.2) is 10.1 Å². The molecule has 0 aliphatic carbocycles. The molecule has 0 aliphatic rings. The number of benzene rings is 1. The highest BCUT2D eigenvalue weighted by molar-refractivity contribution is 5.64. The number of nitrogens with zero attached hydrogens (tertiary/aromatic N) is 3. The van der Waals surface area contributed by atoms with Crippen molar-refractivity contribution in [3.63, 3.8) is 0 Å². The predicted molar refractivity (Wildman–Crippen MR) is 47.5 cm³/mol. The van der Waals surface area contributed by atoms with Gasteiger partial charge in [-0.15, -0.1) is 5.16 Å². The Bertz CT molecular complexity index is 537. The predicted octanol–water partition coefficient (Wildman–Crippen LogP) is 1.02. The van der Waals surface area contributed by atoms with Gasteiger partial charge in [-0.05, 0) is 24.3 Å². The Morgan fingerprint density at radius 3 is 2.56 bits per heavy atom. The summed E-state index contributed by atoms with van der Waals surface area (Å²) >= 11 is 0. The van der Waals surface area contributed by atoms with Gasteiger partial charge >= 0.3 is 5.82 Å². The number of hydrogen-bond donors (Lipinski definition) is 0. The number of aromatic nitrogens is 2. The minimum Gasteiger partial charge on any atom is -0.265 e. The average molecular weight is 225 g/mol. The SMILES string of the molecule is O=[N+]([O-])c1c(-c2ccc(F)cc2)no[n+]1[O-]. The van der Waals surface area contributed by atoms with E-state index in [9.17, 15) is 19.7 Å². The van der Waals surface area contributed by atoms with Gasteiger partial charge in [0.15, 0.2) is 0 Å². The number of nitro groups is 1. The standard InChI is InChI=1S/C8H4FN3O4/c9-6-3-1-5(2-4-6)7-8(11(13)14)12(15)16-10-7/h1-4H. The molecule has 0 amide bonds. The first-order valence-corrected chi connectivity index (χ1v) is 4.09. The van der Waals surface area contributed by atoms with Crippen molar-refractivity contribution in [3.8, 4) is 11.3 Å². The summed E-state index contributed by atoms with van der Waals surface area (Å²) in [6.07, 6.45) is 0. The molecule has 1 heterocycles. The topological polar surface area (TPSA) is 96.1 Å². The third-order valence-corrected chi connectivity index (χ3v) is 1.88. The monoisotopic (exact) mass is 225 g/mol. The van der Waals surface area contributed by atoms with Gasteiger partial charge in [0.25, 0.3) is 0 Å². The lowest BCUT2D eigenvalue weighted by Crippen LogP contribution is -2.26. The van der Waals surface area contributed by atoms with Crippen LogP contribution in [0.25, 0.3) is 11.3 Å². The third kappa shape index (κ3) is 1.56. The van der Waals surface area contributed by atoms with Gasteiger partial charge in [0.1, 0.15) is 15.6 Å². The van der Waals surface area contributed by atoms with Crippen LogP contribution in [0.4, 0.5) is 10.2 Å². The summed E-state index contributed by atoms with van der Waals surface area (Å²) in [7, 11) is 0. The van der Waals surface area contributed by atoms with E-state index in [4.69, 9.17) is 0 Å². The molecule has 0 spiro atoms. The fraction of sp³-hybridized carbons (Fsp3) is 0. The minimum absolute atomic E-state index is 0.228. The van der Waals surface area contributed by atoms with E-state index in [1.54, 1.807) is 0 Å². The molecule has 0 saturated heterocycles. The molecule has 0 fully saturated rings. The molecule has 82 valence electrons. The fourth-order valence-corrected chi connectivity index (χ4v) is 1.19. The quantitative estimate of drug-likeness (QED) is 0.432. The van der Waals surface area contributed by atoms with E-state index >= 15 is 0 Å². The van der Waals surface area contributed by atoms with Crippen molar-refractivity contribution >= 4 is 5.82 Å². The summed E-state index contributed by atoms with van der Waals surface area (Å²) in [4.78, 5) is 9.33. The molecule has 0 bridgehead atoms. The van der Waals surface area contributed by atoms with E-state index in [2.05, 4.69) is 9.79 Å². The zero-order valence-electron chi connectivity index (χ0n) is 7.66. The molecular weight excluding hydrogens is 221 g/mol. The summed E-state index contributed by atoms with van der Waals surface area (Å²) in [5.74, 6) is -1.32. The van der Waals surface area contributed by atoms with Gasteiger partial charge in [-0.25, -0.2) is 4.39 Å². The second kappa shape index (κ2) is 3.57. The Morgan fingerprint density at radius 2 is 2.00 bits per heavy atom. The van der Waals surface area contributed by atoms with Crippen LogP contribution in [0.2, 0.25) is 0 Å². The van der Waals surface area contributed by atoms with Crippen molar-refractivity contribution in [2.24, 2.45) is 0 Å². The molecule has 2 rings (SSSR count). The second-order valence-electron chi connectivity index (χ2n) is 2.87. The Kier molecular flexibility index (Phi) is 2.24. The summed E-state index contributed by atoms with van der Waals surface area (Å²) in [6.45, 7) is 0. The molecule has 2 aromatic rings. The van der Waals surface area contributed by atoms with E-state index in [1.165, 1.54) is 12.1 Å². The van der Waals surface area contributed by atoms with Gasteiger partial charge in [0.05, 0.1) is 0 Å². The Hall–Kier alpha value is -2.51. The highest BCUT2D eigenvalue weighted by atomic mass is 19.1. The van der Waals surface area contributed by atoms with E-state index in [-0.39, 0.29) is 16.2 Å². The van der Waals surface area contributed by atoms with E-state index in [0.29, 0.717) is 0 Å². The van der Waals surface area contributed by atoms with Crippen molar-refractivity contribution < 1.29 is 18.8 Å². The number of halogens is 1. The van der Waals surface area contributed by atoms with Gasteiger partial charge in [-0.1, -0.05) is 0 Å². The zero-order valence-corrected chi connectivity index (χ0v) is 7.66. The number of hydrogen-bond acceptors (Lipinski definition) is 5. The first-order valence-electron chi connectivity index (χ1n) is 4.09. The van der Waals surface area contributed by atoms with Crippen molar-refractivity contribution in [2.75, 3.05) is 0 Å². The van der Waals surface area contributed by atoms with Crippen LogP contribution in [0.5, 0.6) is 0 Å². The molecule has 0 saturated carbocycles. The number of rotatable bonds is 2. The fourth-order valence-electron chi connectivity index (χ4n) is 1.19. The normalized spacial score (nSPS) is 10.3. The van der Waals surface area contributed by atoms with E-state index in [1.807, 2.05) is 0 Å². The van der Waals surface area contributed by atoms with Crippen LogP contribution in [0, 0.1) is 21.1 Å². The van der Waals surface area contributed by atoms with Gasteiger partial charge in [0, 0.05) is 5.56 Å². The molecule has 0 unspecified atom stereocenters. The van der Waals surface area contributed by atoms with Crippen LogP contribution in [0.15, 0.2) is 28.9 Å². The average Bonchev–Trinajstić information content (AvgIpc) is 2.61. The molecule has 8 heteroatoms. The van der Waals surface area contributed by atoms with Crippen LogP contribution in [0.1, 0.15) is 0 Å². The smallest absolute Gasteiger partial charge is 0.265 e. The lowest BCUT2D eigenvalue weighted by molar-refractivity contribution is -0.825. The summed E-state index contributed by atoms with van der Waals surface area (Å²) in [5.41, 5.74) is -0.00792. The zero-order chi connectivity index (χ0) is 11.7. The Labute approximate surface area is 87.4 Å². The van der Waals surface area contributed by atoms with Crippen molar-refractivity contribution in [2.45, 2.75) is 0 Å². The Balaban J connectivity index is 2.56. The van der Waals surface area contributed by atoms with Crippen LogP contribution >= 0.6 is 0 Å². The molecule has 0 N–H and O–H groups in total. The summed E-state index contributed by atoms with van der Waals surface area (Å²) in [6, 6.07) is 4.73. The largest absolute Gasteiger partial charge is 0.587 e. The van der Waals surface area contributed by atoms with Gasteiger partial charge in [-0.3, -0.25) is 20.0 Å². The van der Waals surface area contributed by atoms with Crippen LogP contribution in [-0.2, 0) is 0 Å². The van der Waals surface area contributed by atoms with Gasteiger partial charge in [-0.2, -0.15) is 0 Å². The lowest BCUT2D eigenvalue weighted by atomic mass is 10.1. The van der Waals surface area contributed by atoms with Crippen LogP contribution in [0.3, 0.4) is 0 Å². The Morgan fingerprint density at radius 1 is 1.38 bits per heavy atom. The first kappa shape index (κ1) is 10.0. The molecule has 0 radical (unpaired) electrons. The lowest BCUT2D eigenvalue weighted by Gasteiger charge is -1.92. The summed E-state index contributed by atoms with van der Waals surface area (Å²) in [5, 5.41) is 24.7. The highest BCUT2D eigenvalue weighted by Crippen LogP contribution is 2.24. The molecule has 0 atom stereocenters. The molecular formula is C8H4FN3O4. The summed E-state index contributed by atoms with van der Waals surface area (Å²) < 4.78 is 16.7. The second-order valence-corrected chi connectivity index (χ2v) is 2.87. The molecule has 7 nitrogen and oxygen atoms in total. The maximum atomic E-state index is 12.6. The molecule has 1 aromatic heterocycles. The van der Waals surface area contributed by atoms with E-state index < -0.39 is 16.6 Å². The van der Waals surface area contributed by atoms with Crippen molar-refractivity contribution in [1.82, 2.24) is 5.16 Å². The van der Waals surface area contributed by atoms with Gasteiger partial charge < -0.3 is 0 Å². The minimum atomic E-state index is -0.914. The van der Waals surface area contributed by atoms with Gasteiger partial charge in [0.2, 0.25) is 5.69 Å². The molecule has 0 aliphatic heterocycles. The highest BCUT2D eigenvalue weighted by Gasteiger charge is 2.32. The molecule has 16 heavy (non-hydrogen) atoms. The van der Waals surface area contributed by atoms with Crippen LogP contribution < -0.4 is 4.90 Å². The maximum Gasteiger partial charge on any atom is 0.587 e. The maximum absolute atomic E-state index is 12.6. The molecule has 1 aromatic carbocycles. The first-order chi connectivity index (χ1) is 7.59. The van der Waals surface area contributed by atoms with E-state index in [0.717, 1.165) is 12.1 Å². The third-order valence-electron chi connectivity index (χ3n) is 1.88. The van der Waals surface area contributed by atoms with Crippen molar-refractivity contribution in [1.29, 1.82) is 0 Å². The van der Waals surface area contributed by atoms with Crippen molar-refractivity contribution in [3.05, 3.63) is 45.4 Å².